The van der Waals surface area contributed by atoms with Crippen LogP contribution < -0.4 is 0 Å². The monoisotopic (exact) mass is 431 g/mol. The minimum atomic E-state index is -2.62. The summed E-state index contributed by atoms with van der Waals surface area (Å²) in [5.74, 6) is -7.32. The lowest BCUT2D eigenvalue weighted by atomic mass is 9.58. The molecule has 3 aliphatic carbocycles. The van der Waals surface area contributed by atoms with Crippen LogP contribution in [0, 0.1) is 17.7 Å². The van der Waals surface area contributed by atoms with E-state index in [1.807, 2.05) is 0 Å². The molecule has 0 aliphatic heterocycles. The highest BCUT2D eigenvalue weighted by molar-refractivity contribution is 6.25. The Morgan fingerprint density at radius 1 is 1.19 bits per heavy atom. The van der Waals surface area contributed by atoms with Gasteiger partial charge >= 0.3 is 0 Å². The first kappa shape index (κ1) is 21.2. The van der Waals surface area contributed by atoms with Crippen LogP contribution in [0.3, 0.4) is 0 Å². The molecule has 0 radical (unpaired) electrons. The van der Waals surface area contributed by atoms with E-state index >= 15 is 0 Å². The van der Waals surface area contributed by atoms with Gasteiger partial charge in [0.25, 0.3) is 0 Å². The van der Waals surface area contributed by atoms with Gasteiger partial charge in [0.15, 0.2) is 17.2 Å². The number of phenolic OH excluding ortho intramolecular Hbond substituents is 1. The van der Waals surface area contributed by atoms with Crippen LogP contribution in [-0.4, -0.2) is 68.4 Å². The number of aromatic hydroxyl groups is 1. The Labute approximate surface area is 176 Å². The molecular weight excluding hydrogens is 409 g/mol. The number of carbonyl (C=O) groups excluding carboxylic acids is 3. The van der Waals surface area contributed by atoms with Gasteiger partial charge in [-0.15, -0.1) is 0 Å². The first-order valence-corrected chi connectivity index (χ1v) is 9.79. The summed E-state index contributed by atoms with van der Waals surface area (Å²) in [5, 5.41) is 43.3. The lowest BCUT2D eigenvalue weighted by Gasteiger charge is -2.50. The third kappa shape index (κ3) is 2.63. The number of benzene rings is 1. The van der Waals surface area contributed by atoms with Gasteiger partial charge in [0.1, 0.15) is 28.7 Å². The summed E-state index contributed by atoms with van der Waals surface area (Å²) in [7, 11) is 3.15. The lowest BCUT2D eigenvalue weighted by Crippen LogP contribution is -2.63. The number of carbonyl (C=O) groups is 3. The van der Waals surface area contributed by atoms with E-state index in [0.717, 1.165) is 19.1 Å². The Morgan fingerprint density at radius 2 is 1.84 bits per heavy atom. The van der Waals surface area contributed by atoms with Gasteiger partial charge < -0.3 is 20.4 Å². The maximum absolute atomic E-state index is 14.4. The Morgan fingerprint density at radius 3 is 2.42 bits per heavy atom. The maximum atomic E-state index is 14.4. The number of aliphatic hydroxyl groups excluding tert-OH is 2. The number of halogens is 1. The molecule has 0 aromatic heterocycles. The van der Waals surface area contributed by atoms with E-state index in [0.29, 0.717) is 0 Å². The number of phenols is 1. The molecule has 0 saturated carbocycles. The van der Waals surface area contributed by atoms with Crippen LogP contribution in [0.1, 0.15) is 29.3 Å². The van der Waals surface area contributed by atoms with Crippen molar-refractivity contribution in [1.29, 1.82) is 0 Å². The van der Waals surface area contributed by atoms with Crippen LogP contribution in [0.4, 0.5) is 4.39 Å². The molecule has 8 nitrogen and oxygen atoms in total. The second kappa shape index (κ2) is 6.73. The van der Waals surface area contributed by atoms with Crippen molar-refractivity contribution in [2.75, 3.05) is 14.1 Å². The van der Waals surface area contributed by atoms with E-state index in [4.69, 9.17) is 0 Å². The summed E-state index contributed by atoms with van der Waals surface area (Å²) in [6.07, 6.45) is -0.0916. The molecule has 4 rings (SSSR count). The van der Waals surface area contributed by atoms with Gasteiger partial charge in [0.2, 0.25) is 5.78 Å². The highest BCUT2D eigenvalue weighted by Gasteiger charge is 2.63. The van der Waals surface area contributed by atoms with E-state index < -0.39 is 69.5 Å². The first-order valence-electron chi connectivity index (χ1n) is 9.79. The van der Waals surface area contributed by atoms with Gasteiger partial charge in [-0.3, -0.25) is 19.3 Å². The van der Waals surface area contributed by atoms with Crippen LogP contribution in [0.2, 0.25) is 0 Å². The van der Waals surface area contributed by atoms with Crippen molar-refractivity contribution < 1.29 is 39.2 Å². The number of rotatable bonds is 2. The minimum Gasteiger partial charge on any atom is -0.510 e. The molecule has 4 atom stereocenters. The number of likely N-dealkylation sites (N-methyl/N-ethyl adjacent to an activating group) is 1. The van der Waals surface area contributed by atoms with E-state index in [1.165, 1.54) is 4.90 Å². The fraction of sp³-hybridized carbons (Fsp3) is 0.409. The second-order valence-electron chi connectivity index (χ2n) is 8.58. The molecule has 2 unspecified atom stereocenters. The van der Waals surface area contributed by atoms with Crippen molar-refractivity contribution in [2.24, 2.45) is 11.8 Å². The molecule has 0 heterocycles. The zero-order valence-electron chi connectivity index (χ0n) is 17.1. The van der Waals surface area contributed by atoms with Crippen LogP contribution in [-0.2, 0) is 16.0 Å². The fourth-order valence-electron chi connectivity index (χ4n) is 5.31. The van der Waals surface area contributed by atoms with E-state index in [1.54, 1.807) is 14.1 Å². The summed E-state index contributed by atoms with van der Waals surface area (Å²) in [4.78, 5) is 39.9. The predicted molar refractivity (Wildman–Crippen MR) is 105 cm³/mol. The predicted octanol–water partition coefficient (Wildman–Crippen LogP) is 1.36. The normalized spacial score (nSPS) is 30.3. The number of aliphatic hydroxyl groups is 3. The summed E-state index contributed by atoms with van der Waals surface area (Å²) in [6.45, 7) is 1.05. The fourth-order valence-corrected chi connectivity index (χ4v) is 5.31. The number of hydrogen-bond acceptors (Lipinski definition) is 8. The van der Waals surface area contributed by atoms with Crippen molar-refractivity contribution in [2.45, 2.75) is 31.4 Å². The molecule has 0 amide bonds. The molecule has 31 heavy (non-hydrogen) atoms. The smallest absolute Gasteiger partial charge is 0.209 e. The summed E-state index contributed by atoms with van der Waals surface area (Å²) >= 11 is 0. The van der Waals surface area contributed by atoms with Crippen molar-refractivity contribution in [3.8, 4) is 5.75 Å². The van der Waals surface area contributed by atoms with Crippen molar-refractivity contribution in [3.05, 3.63) is 51.7 Å². The zero-order valence-corrected chi connectivity index (χ0v) is 17.1. The van der Waals surface area contributed by atoms with Gasteiger partial charge in [-0.25, -0.2) is 4.39 Å². The number of ketones is 3. The van der Waals surface area contributed by atoms with E-state index in [-0.39, 0.29) is 29.5 Å². The summed E-state index contributed by atoms with van der Waals surface area (Å²) < 4.78 is 14.4. The maximum Gasteiger partial charge on any atom is 0.209 e. The SMILES string of the molecule is CC(=O)C1=C(O)[C@@H](N(C)C)C2CC3Cc4c(F)ccc(O)c4C(=O)C3=C(O)[C@]2(O)C1=O. The van der Waals surface area contributed by atoms with Gasteiger partial charge in [0, 0.05) is 17.1 Å². The summed E-state index contributed by atoms with van der Waals surface area (Å²) in [6, 6.07) is 1.05. The molecule has 164 valence electrons. The number of Topliss-reactive ketones (excluding diaryl/α,β-unsaturated/α-hetero) is 3. The molecule has 0 bridgehead atoms. The molecule has 0 spiro atoms. The number of nitrogens with zero attached hydrogens (tertiary/aromatic N) is 1. The van der Waals surface area contributed by atoms with Crippen molar-refractivity contribution in [1.82, 2.24) is 4.90 Å². The van der Waals surface area contributed by atoms with Gasteiger partial charge in [0.05, 0.1) is 11.6 Å². The number of hydrogen-bond donors (Lipinski definition) is 4. The molecular formula is C22H22FNO7. The molecule has 1 aromatic rings. The van der Waals surface area contributed by atoms with Crippen LogP contribution in [0.15, 0.2) is 34.8 Å². The lowest BCUT2D eigenvalue weighted by molar-refractivity contribution is -0.148. The van der Waals surface area contributed by atoms with Gasteiger partial charge in [-0.1, -0.05) is 0 Å². The van der Waals surface area contributed by atoms with E-state index in [2.05, 4.69) is 0 Å². The van der Waals surface area contributed by atoms with Gasteiger partial charge in [-0.2, -0.15) is 0 Å². The highest BCUT2D eigenvalue weighted by atomic mass is 19.1. The molecule has 9 heteroatoms. The molecule has 1 aromatic carbocycles. The first-order chi connectivity index (χ1) is 14.4. The number of allylic oxidation sites excluding steroid dienone is 1. The zero-order chi connectivity index (χ0) is 23.0. The molecule has 3 aliphatic rings. The Bertz CT molecular complexity index is 1120. The molecule has 4 N–H and O–H groups in total. The second-order valence-corrected chi connectivity index (χ2v) is 8.58. The molecule has 0 saturated heterocycles. The number of fused-ring (bicyclic) bond motifs is 3. The van der Waals surface area contributed by atoms with Crippen molar-refractivity contribution in [3.63, 3.8) is 0 Å². The topological polar surface area (TPSA) is 135 Å². The van der Waals surface area contributed by atoms with Gasteiger partial charge in [-0.05, 0) is 51.9 Å². The Balaban J connectivity index is 1.98. The average Bonchev–Trinajstić information content (AvgIpc) is 2.67. The van der Waals surface area contributed by atoms with Crippen molar-refractivity contribution >= 4 is 17.3 Å². The minimum absolute atomic E-state index is 0.00952. The summed E-state index contributed by atoms with van der Waals surface area (Å²) in [5.41, 5.74) is -3.88. The third-order valence-corrected chi connectivity index (χ3v) is 6.65. The van der Waals surface area contributed by atoms with Crippen LogP contribution in [0.25, 0.3) is 0 Å². The third-order valence-electron chi connectivity index (χ3n) is 6.65. The Hall–Kier alpha value is -3.04. The largest absolute Gasteiger partial charge is 0.510 e. The highest BCUT2D eigenvalue weighted by Crippen LogP contribution is 2.52. The van der Waals surface area contributed by atoms with E-state index in [9.17, 15) is 39.2 Å². The van der Waals surface area contributed by atoms with Crippen LogP contribution >= 0.6 is 0 Å². The quantitative estimate of drug-likeness (QED) is 0.516. The molecule has 0 fully saturated rings. The standard InChI is InChI=1S/C22H22FNO7/c1-8(25)14-19(28)17(24(2)3)11-7-9-6-10-12(23)4-5-13(26)16(10)18(27)15(9)21(30)22(11,31)20(14)29/h4-5,9,11,17,26,28,30-31H,6-7H2,1-3H3/t9?,11?,17-,22+/m0/s1. The average molecular weight is 431 g/mol. The Kier molecular flexibility index (Phi) is 4.60. The van der Waals surface area contributed by atoms with Crippen LogP contribution in [0.5, 0.6) is 5.75 Å².